The fourth-order valence-electron chi connectivity index (χ4n) is 0.921. The lowest BCUT2D eigenvalue weighted by Crippen LogP contribution is -2.34. The molecule has 0 saturated carbocycles. The molecule has 1 aromatic rings. The van der Waals surface area contributed by atoms with E-state index in [0.29, 0.717) is 11.6 Å². The van der Waals surface area contributed by atoms with Crippen LogP contribution < -0.4 is 5.84 Å². The quantitative estimate of drug-likeness (QED) is 0.446. The maximum absolute atomic E-state index is 10.8. The van der Waals surface area contributed by atoms with Gasteiger partial charge in [0.15, 0.2) is 0 Å². The van der Waals surface area contributed by atoms with E-state index < -0.39 is 0 Å². The van der Waals surface area contributed by atoms with Gasteiger partial charge in [-0.15, -0.1) is 0 Å². The summed E-state index contributed by atoms with van der Waals surface area (Å²) in [5.74, 6) is 5.26. The Bertz CT molecular complexity index is 314. The Hall–Kier alpha value is -1.06. The maximum Gasteiger partial charge on any atom is 0.233 e. The highest BCUT2D eigenvalue weighted by Crippen LogP contribution is 2.15. The Kier molecular flexibility index (Phi) is 3.28. The zero-order valence-electron chi connectivity index (χ0n) is 7.33. The fraction of sp³-hybridized carbons (Fsp3) is 0.222. The van der Waals surface area contributed by atoms with Gasteiger partial charge in [-0.2, -0.15) is 0 Å². The highest BCUT2D eigenvalue weighted by molar-refractivity contribution is 6.31. The molecule has 0 aliphatic carbocycles. The van der Waals surface area contributed by atoms with Crippen molar-refractivity contribution in [3.8, 4) is 0 Å². The van der Waals surface area contributed by atoms with Crippen LogP contribution in [0.25, 0.3) is 0 Å². The van der Waals surface area contributed by atoms with E-state index in [0.717, 1.165) is 10.6 Å². The molecule has 2 N–H and O–H groups in total. The van der Waals surface area contributed by atoms with E-state index in [1.807, 2.05) is 18.2 Å². The normalized spacial score (nSPS) is 9.77. The number of nitrogens with two attached hydrogens (primary N) is 1. The van der Waals surface area contributed by atoms with Crippen LogP contribution >= 0.6 is 11.6 Å². The van der Waals surface area contributed by atoms with Crippen molar-refractivity contribution in [3.63, 3.8) is 0 Å². The van der Waals surface area contributed by atoms with Gasteiger partial charge in [0.1, 0.15) is 0 Å². The number of carbonyl (C=O) groups excluding carboxylic acids is 1. The van der Waals surface area contributed by atoms with Gasteiger partial charge in [-0.05, 0) is 11.6 Å². The van der Waals surface area contributed by atoms with Crippen LogP contribution in [0.2, 0.25) is 5.02 Å². The highest BCUT2D eigenvalue weighted by atomic mass is 35.5. The van der Waals surface area contributed by atoms with E-state index in [4.69, 9.17) is 17.4 Å². The minimum Gasteiger partial charge on any atom is -0.276 e. The van der Waals surface area contributed by atoms with Gasteiger partial charge < -0.3 is 0 Å². The summed E-state index contributed by atoms with van der Waals surface area (Å²) in [6.07, 6.45) is 0. The van der Waals surface area contributed by atoms with Crippen LogP contribution in [0.15, 0.2) is 24.3 Å². The Morgan fingerprint density at radius 2 is 2.15 bits per heavy atom. The molecule has 0 aromatic heterocycles. The fourth-order valence-corrected chi connectivity index (χ4v) is 1.12. The molecule has 0 unspecified atom stereocenters. The monoisotopic (exact) mass is 198 g/mol. The van der Waals surface area contributed by atoms with E-state index in [1.54, 1.807) is 6.07 Å². The Balaban J connectivity index is 2.74. The van der Waals surface area contributed by atoms with Gasteiger partial charge in [0.2, 0.25) is 5.91 Å². The van der Waals surface area contributed by atoms with Crippen LogP contribution in [0.5, 0.6) is 0 Å². The van der Waals surface area contributed by atoms with E-state index in [9.17, 15) is 4.79 Å². The molecule has 0 saturated heterocycles. The number of halogens is 1. The smallest absolute Gasteiger partial charge is 0.233 e. The summed E-state index contributed by atoms with van der Waals surface area (Å²) in [5.41, 5.74) is 0.849. The SMILES string of the molecule is CC(=O)N(N)Cc1ccccc1Cl. The van der Waals surface area contributed by atoms with Gasteiger partial charge in [0.05, 0.1) is 6.54 Å². The number of hydrogen-bond acceptors (Lipinski definition) is 2. The lowest BCUT2D eigenvalue weighted by Gasteiger charge is -2.14. The molecule has 4 heteroatoms. The summed E-state index contributed by atoms with van der Waals surface area (Å²) in [5, 5.41) is 1.75. The number of nitrogens with zero attached hydrogens (tertiary/aromatic N) is 1. The van der Waals surface area contributed by atoms with Crippen molar-refractivity contribution in [2.75, 3.05) is 0 Å². The van der Waals surface area contributed by atoms with E-state index in [1.165, 1.54) is 6.92 Å². The van der Waals surface area contributed by atoms with Gasteiger partial charge in [-0.25, -0.2) is 5.84 Å². The molecule has 13 heavy (non-hydrogen) atoms. The van der Waals surface area contributed by atoms with Crippen LogP contribution in [0.4, 0.5) is 0 Å². The van der Waals surface area contributed by atoms with Gasteiger partial charge in [-0.3, -0.25) is 9.80 Å². The van der Waals surface area contributed by atoms with Crippen LogP contribution in [-0.2, 0) is 11.3 Å². The van der Waals surface area contributed by atoms with E-state index in [2.05, 4.69) is 0 Å². The van der Waals surface area contributed by atoms with Gasteiger partial charge >= 0.3 is 0 Å². The summed E-state index contributed by atoms with van der Waals surface area (Å²) < 4.78 is 0. The Morgan fingerprint density at radius 3 is 2.69 bits per heavy atom. The third-order valence-electron chi connectivity index (χ3n) is 1.70. The van der Waals surface area contributed by atoms with Crippen LogP contribution in [0.3, 0.4) is 0 Å². The number of rotatable bonds is 2. The summed E-state index contributed by atoms with van der Waals surface area (Å²) in [4.78, 5) is 10.8. The number of carbonyl (C=O) groups is 1. The van der Waals surface area contributed by atoms with E-state index in [-0.39, 0.29) is 5.91 Å². The second-order valence-corrected chi connectivity index (χ2v) is 3.15. The number of hydrogen-bond donors (Lipinski definition) is 1. The first-order chi connectivity index (χ1) is 6.11. The molecule has 70 valence electrons. The first-order valence-electron chi connectivity index (χ1n) is 3.87. The molecule has 0 heterocycles. The molecule has 0 aliphatic rings. The van der Waals surface area contributed by atoms with Crippen molar-refractivity contribution >= 4 is 17.5 Å². The molecule has 0 bridgehead atoms. The predicted octanol–water partition coefficient (Wildman–Crippen LogP) is 1.56. The lowest BCUT2D eigenvalue weighted by molar-refractivity contribution is -0.129. The Labute approximate surface area is 82.1 Å². The molecular weight excluding hydrogens is 188 g/mol. The molecular formula is C9H11ClN2O. The second-order valence-electron chi connectivity index (χ2n) is 2.74. The molecule has 1 aromatic carbocycles. The summed E-state index contributed by atoms with van der Waals surface area (Å²) >= 11 is 5.88. The van der Waals surface area contributed by atoms with Crippen molar-refractivity contribution in [1.82, 2.24) is 5.01 Å². The summed E-state index contributed by atoms with van der Waals surface area (Å²) in [7, 11) is 0. The van der Waals surface area contributed by atoms with Crippen LogP contribution in [0, 0.1) is 0 Å². The second kappa shape index (κ2) is 4.25. The summed E-state index contributed by atoms with van der Waals surface area (Å²) in [6.45, 7) is 1.76. The van der Waals surface area contributed by atoms with Gasteiger partial charge in [0, 0.05) is 11.9 Å². The molecule has 0 atom stereocenters. The zero-order valence-corrected chi connectivity index (χ0v) is 8.08. The largest absolute Gasteiger partial charge is 0.276 e. The number of amides is 1. The topological polar surface area (TPSA) is 46.3 Å². The zero-order chi connectivity index (χ0) is 9.84. The highest BCUT2D eigenvalue weighted by Gasteiger charge is 2.05. The van der Waals surface area contributed by atoms with Crippen molar-refractivity contribution in [1.29, 1.82) is 0 Å². The van der Waals surface area contributed by atoms with E-state index >= 15 is 0 Å². The van der Waals surface area contributed by atoms with Crippen LogP contribution in [-0.4, -0.2) is 10.9 Å². The maximum atomic E-state index is 10.8. The van der Waals surface area contributed by atoms with Crippen molar-refractivity contribution in [2.45, 2.75) is 13.5 Å². The first kappa shape index (κ1) is 10.0. The van der Waals surface area contributed by atoms with Gasteiger partial charge in [-0.1, -0.05) is 29.8 Å². The molecule has 0 fully saturated rings. The predicted molar refractivity (Wildman–Crippen MR) is 51.9 cm³/mol. The first-order valence-corrected chi connectivity index (χ1v) is 4.25. The number of benzene rings is 1. The molecule has 0 aliphatic heterocycles. The lowest BCUT2D eigenvalue weighted by atomic mass is 10.2. The molecule has 0 spiro atoms. The summed E-state index contributed by atoms with van der Waals surface area (Å²) in [6, 6.07) is 7.30. The third-order valence-corrected chi connectivity index (χ3v) is 2.07. The molecule has 3 nitrogen and oxygen atoms in total. The van der Waals surface area contributed by atoms with Crippen molar-refractivity contribution in [2.24, 2.45) is 5.84 Å². The molecule has 0 radical (unpaired) electrons. The molecule has 1 rings (SSSR count). The molecule has 1 amide bonds. The minimum atomic E-state index is -0.181. The average Bonchev–Trinajstić information content (AvgIpc) is 2.08. The Morgan fingerprint density at radius 1 is 1.54 bits per heavy atom. The van der Waals surface area contributed by atoms with Crippen LogP contribution in [0.1, 0.15) is 12.5 Å². The van der Waals surface area contributed by atoms with Crippen molar-refractivity contribution < 1.29 is 4.79 Å². The van der Waals surface area contributed by atoms with Crippen molar-refractivity contribution in [3.05, 3.63) is 34.9 Å². The number of hydrazine groups is 1. The standard InChI is InChI=1S/C9H11ClN2O/c1-7(13)12(11)6-8-4-2-3-5-9(8)10/h2-5H,6,11H2,1H3. The average molecular weight is 199 g/mol. The van der Waals surface area contributed by atoms with Gasteiger partial charge in [0.25, 0.3) is 0 Å². The third kappa shape index (κ3) is 2.72. The minimum absolute atomic E-state index is 0.181.